The summed E-state index contributed by atoms with van der Waals surface area (Å²) in [6.45, 7) is 3.36. The predicted octanol–water partition coefficient (Wildman–Crippen LogP) is 8.62. The molecule has 0 N–H and O–H groups in total. The molecule has 8 nitrogen and oxygen atoms in total. The Morgan fingerprint density at radius 2 is 1.02 bits per heavy atom. The van der Waals surface area contributed by atoms with Gasteiger partial charge in [-0.1, -0.05) is 76.6 Å². The van der Waals surface area contributed by atoms with Crippen molar-refractivity contribution < 1.29 is 40.3 Å². The molecule has 0 aliphatic carbocycles. The second-order valence-corrected chi connectivity index (χ2v) is 16.6. The van der Waals surface area contributed by atoms with E-state index in [1.54, 1.807) is 36.4 Å². The van der Waals surface area contributed by atoms with Crippen LogP contribution in [0.15, 0.2) is 111 Å². The molecule has 0 aliphatic heterocycles. The Balaban J connectivity index is 0.000000271. The Morgan fingerprint density at radius 1 is 0.580 bits per heavy atom. The van der Waals surface area contributed by atoms with Crippen LogP contribution in [0, 0.1) is 5.82 Å². The highest BCUT2D eigenvalue weighted by Gasteiger charge is 2.16. The number of ether oxygens (including phenoxy) is 2. The molecule has 0 atom stereocenters. The molecule has 50 heavy (non-hydrogen) atoms. The van der Waals surface area contributed by atoms with Gasteiger partial charge < -0.3 is 9.47 Å². The molecule has 0 aromatic heterocycles. The van der Waals surface area contributed by atoms with Crippen molar-refractivity contribution in [2.75, 3.05) is 24.7 Å². The molecule has 0 radical (unpaired) electrons. The van der Waals surface area contributed by atoms with Crippen LogP contribution in [0.25, 0.3) is 22.3 Å². The summed E-state index contributed by atoms with van der Waals surface area (Å²) in [5.41, 5.74) is 3.10. The SMILES string of the molecule is CC(=O)OCCCCCS(=O)(=O)c1ccc(-c2ccc(Br)cc2F)cc1.CC(=O)OCCCCCS(=O)(=O)c1ccc(-c2ccccc2)cc1. The molecule has 0 heterocycles. The fourth-order valence-corrected chi connectivity index (χ4v) is 7.93. The minimum absolute atomic E-state index is 0.0268. The summed E-state index contributed by atoms with van der Waals surface area (Å²) < 4.78 is 73.7. The molecule has 4 aromatic carbocycles. The van der Waals surface area contributed by atoms with Crippen molar-refractivity contribution in [1.82, 2.24) is 0 Å². The molecule has 0 saturated carbocycles. The predicted molar refractivity (Wildman–Crippen MR) is 196 cm³/mol. The smallest absolute Gasteiger partial charge is 0.302 e. The first-order valence-electron chi connectivity index (χ1n) is 16.2. The molecule has 0 amide bonds. The van der Waals surface area contributed by atoms with E-state index in [1.165, 1.54) is 32.0 Å². The van der Waals surface area contributed by atoms with Crippen LogP contribution in [0.4, 0.5) is 4.39 Å². The lowest BCUT2D eigenvalue weighted by molar-refractivity contribution is -0.142. The van der Waals surface area contributed by atoms with E-state index in [-0.39, 0.29) is 34.2 Å². The first kappa shape index (κ1) is 40.6. The lowest BCUT2D eigenvalue weighted by Gasteiger charge is -2.08. The molecule has 0 unspecified atom stereocenters. The van der Waals surface area contributed by atoms with Crippen molar-refractivity contribution in [2.45, 2.75) is 62.2 Å². The van der Waals surface area contributed by atoms with E-state index >= 15 is 0 Å². The summed E-state index contributed by atoms with van der Waals surface area (Å²) in [6.07, 6.45) is 3.75. The van der Waals surface area contributed by atoms with E-state index in [9.17, 15) is 30.8 Å². The zero-order valence-electron chi connectivity index (χ0n) is 28.1. The summed E-state index contributed by atoms with van der Waals surface area (Å²) in [5.74, 6) is -0.875. The molecular weight excluding hydrogens is 747 g/mol. The lowest BCUT2D eigenvalue weighted by atomic mass is 10.1. The van der Waals surface area contributed by atoms with Crippen molar-refractivity contribution in [2.24, 2.45) is 0 Å². The number of hydrogen-bond donors (Lipinski definition) is 0. The Labute approximate surface area is 303 Å². The molecule has 0 bridgehead atoms. The average molecular weight is 790 g/mol. The number of rotatable bonds is 16. The monoisotopic (exact) mass is 788 g/mol. The number of hydrogen-bond acceptors (Lipinski definition) is 8. The largest absolute Gasteiger partial charge is 0.466 e. The fraction of sp³-hybridized carbons (Fsp3) is 0.316. The summed E-state index contributed by atoms with van der Waals surface area (Å²) in [4.78, 5) is 21.8. The van der Waals surface area contributed by atoms with E-state index in [0.29, 0.717) is 72.2 Å². The van der Waals surface area contributed by atoms with Crippen LogP contribution >= 0.6 is 15.9 Å². The fourth-order valence-electron chi connectivity index (χ4n) is 4.86. The molecule has 12 heteroatoms. The maximum Gasteiger partial charge on any atom is 0.302 e. The van der Waals surface area contributed by atoms with Crippen molar-refractivity contribution >= 4 is 47.5 Å². The third kappa shape index (κ3) is 13.8. The number of unbranched alkanes of at least 4 members (excludes halogenated alkanes) is 4. The number of carbonyl (C=O) groups excluding carboxylic acids is 2. The Hall–Kier alpha value is -3.87. The maximum absolute atomic E-state index is 14.0. The van der Waals surface area contributed by atoms with Crippen molar-refractivity contribution in [1.29, 1.82) is 0 Å². The summed E-state index contributed by atoms with van der Waals surface area (Å²) in [7, 11) is -6.66. The van der Waals surface area contributed by atoms with Gasteiger partial charge in [0.1, 0.15) is 5.82 Å². The lowest BCUT2D eigenvalue weighted by Crippen LogP contribution is -2.07. The highest BCUT2D eigenvalue weighted by atomic mass is 79.9. The highest BCUT2D eigenvalue weighted by molar-refractivity contribution is 9.10. The van der Waals surface area contributed by atoms with Crippen LogP contribution in [-0.2, 0) is 38.7 Å². The standard InChI is InChI=1S/C19H20BrFO4S.C19H22O4S/c1-14(22)25-11-3-2-4-12-26(23,24)17-8-5-15(6-9-17)18-10-7-16(20)13-19(18)21;1-16(20)23-14-6-3-7-15-24(21,22)19-12-10-18(11-13-19)17-8-4-2-5-9-17/h5-10,13H,2-4,11-12H2,1H3;2,4-5,8-13H,3,6-7,14-15H2,1H3. The van der Waals surface area contributed by atoms with Crippen molar-refractivity contribution in [3.05, 3.63) is 107 Å². The van der Waals surface area contributed by atoms with Gasteiger partial charge in [-0.15, -0.1) is 0 Å². The summed E-state index contributed by atoms with van der Waals surface area (Å²) >= 11 is 3.21. The molecule has 0 spiro atoms. The van der Waals surface area contributed by atoms with E-state index in [1.807, 2.05) is 42.5 Å². The minimum Gasteiger partial charge on any atom is -0.466 e. The number of benzene rings is 4. The van der Waals surface area contributed by atoms with E-state index in [2.05, 4.69) is 15.9 Å². The molecule has 4 rings (SSSR count). The van der Waals surface area contributed by atoms with Gasteiger partial charge in [0.05, 0.1) is 34.5 Å². The Bertz CT molecular complexity index is 1900. The third-order valence-corrected chi connectivity index (χ3v) is 11.6. The average Bonchev–Trinajstić information content (AvgIpc) is 3.08. The van der Waals surface area contributed by atoms with Crippen LogP contribution in [0.5, 0.6) is 0 Å². The van der Waals surface area contributed by atoms with Crippen LogP contribution in [0.2, 0.25) is 0 Å². The van der Waals surface area contributed by atoms with Crippen LogP contribution in [0.3, 0.4) is 0 Å². The second-order valence-electron chi connectivity index (χ2n) is 11.5. The van der Waals surface area contributed by atoms with E-state index < -0.39 is 19.7 Å². The number of sulfone groups is 2. The minimum atomic E-state index is -3.39. The quantitative estimate of drug-likeness (QED) is 0.0818. The Morgan fingerprint density at radius 3 is 1.46 bits per heavy atom. The highest BCUT2D eigenvalue weighted by Crippen LogP contribution is 2.27. The van der Waals surface area contributed by atoms with Crippen LogP contribution < -0.4 is 0 Å². The van der Waals surface area contributed by atoms with Gasteiger partial charge >= 0.3 is 11.9 Å². The normalized spacial score (nSPS) is 11.3. The molecule has 268 valence electrons. The van der Waals surface area contributed by atoms with Gasteiger partial charge in [0.25, 0.3) is 0 Å². The Kier molecular flexibility index (Phi) is 16.3. The van der Waals surface area contributed by atoms with Gasteiger partial charge in [-0.05, 0) is 91.6 Å². The molecule has 0 fully saturated rings. The van der Waals surface area contributed by atoms with Crippen molar-refractivity contribution in [3.8, 4) is 22.3 Å². The zero-order valence-corrected chi connectivity index (χ0v) is 31.4. The van der Waals surface area contributed by atoms with E-state index in [0.717, 1.165) is 11.1 Å². The molecule has 4 aromatic rings. The van der Waals surface area contributed by atoms with Crippen LogP contribution in [0.1, 0.15) is 52.4 Å². The van der Waals surface area contributed by atoms with Crippen molar-refractivity contribution in [3.63, 3.8) is 0 Å². The van der Waals surface area contributed by atoms with Gasteiger partial charge in [-0.25, -0.2) is 21.2 Å². The summed E-state index contributed by atoms with van der Waals surface area (Å²) in [6, 6.07) is 27.8. The number of carbonyl (C=O) groups is 2. The van der Waals surface area contributed by atoms with E-state index in [4.69, 9.17) is 9.47 Å². The first-order valence-corrected chi connectivity index (χ1v) is 20.3. The van der Waals surface area contributed by atoms with Gasteiger partial charge in [0.15, 0.2) is 19.7 Å². The van der Waals surface area contributed by atoms with Gasteiger partial charge in [0.2, 0.25) is 0 Å². The summed E-state index contributed by atoms with van der Waals surface area (Å²) in [5, 5.41) is 0. The molecule has 0 saturated heterocycles. The van der Waals surface area contributed by atoms with Gasteiger partial charge in [-0.2, -0.15) is 0 Å². The molecular formula is C38H42BrFO8S2. The topological polar surface area (TPSA) is 121 Å². The zero-order chi connectivity index (χ0) is 36.6. The van der Waals surface area contributed by atoms with Gasteiger partial charge in [-0.3, -0.25) is 9.59 Å². The number of esters is 2. The van der Waals surface area contributed by atoms with Crippen LogP contribution in [-0.4, -0.2) is 53.5 Å². The maximum atomic E-state index is 14.0. The second kappa shape index (κ2) is 20.1. The molecule has 0 aliphatic rings. The first-order chi connectivity index (χ1) is 23.8. The number of halogens is 2. The third-order valence-electron chi connectivity index (χ3n) is 7.50. The van der Waals surface area contributed by atoms with Gasteiger partial charge in [0, 0.05) is 23.9 Å².